The number of aromatic amines is 1. The van der Waals surface area contributed by atoms with E-state index in [1.54, 1.807) is 18.4 Å². The monoisotopic (exact) mass is 758 g/mol. The van der Waals surface area contributed by atoms with Gasteiger partial charge in [-0.25, -0.2) is 15.0 Å². The molecule has 6 rings (SSSR count). The number of rotatable bonds is 12. The van der Waals surface area contributed by atoms with E-state index in [2.05, 4.69) is 87.9 Å². The molecular weight excluding hydrogens is 705 g/mol. The van der Waals surface area contributed by atoms with E-state index >= 15 is 0 Å². The van der Waals surface area contributed by atoms with E-state index in [-0.39, 0.29) is 18.5 Å². The standard InChI is InChI=1S/C36H54N16OS/c1-22-9-10-26(40-22)19-50(6)35-45-24(3)42-32(48-35)38-17-15-27-11-12-28(53-27)20-51(7)36-46-25(4)43-33(49-36)39-18-16-29-13-14-30(54-29)21-52(8)34-44-23(2)41-31(37-5)47-34/h9-14,23-25,40H,15-21H2,1-8H3,(H2,37,41,44,47)(H2,38,42,45,48)(H2,39,43,46,49). The second-order valence-electron chi connectivity index (χ2n) is 13.7. The Balaban J connectivity index is 0.943. The summed E-state index contributed by atoms with van der Waals surface area (Å²) in [6.45, 7) is 11.3. The minimum atomic E-state index is -0.113. The first kappa shape index (κ1) is 38.2. The van der Waals surface area contributed by atoms with Crippen molar-refractivity contribution >= 4 is 47.1 Å². The molecule has 3 atom stereocenters. The van der Waals surface area contributed by atoms with Crippen molar-refractivity contribution in [2.24, 2.45) is 30.0 Å². The van der Waals surface area contributed by atoms with E-state index in [0.717, 1.165) is 66.3 Å². The fourth-order valence-electron chi connectivity index (χ4n) is 6.08. The molecule has 0 aromatic carbocycles. The molecule has 0 aliphatic carbocycles. The van der Waals surface area contributed by atoms with Gasteiger partial charge in [0.15, 0.2) is 17.9 Å². The molecule has 0 saturated heterocycles. The van der Waals surface area contributed by atoms with Gasteiger partial charge in [0.1, 0.15) is 30.0 Å². The number of aryl methyl sites for hydroxylation is 1. The molecule has 0 bridgehead atoms. The van der Waals surface area contributed by atoms with Gasteiger partial charge in [0.05, 0.1) is 19.6 Å². The molecule has 0 radical (unpaired) electrons. The predicted octanol–water partition coefficient (Wildman–Crippen LogP) is 2.14. The molecule has 18 heteroatoms. The number of thiophene rings is 1. The van der Waals surface area contributed by atoms with Crippen LogP contribution in [0.1, 0.15) is 53.4 Å². The van der Waals surface area contributed by atoms with Gasteiger partial charge in [-0.3, -0.25) is 30.9 Å². The van der Waals surface area contributed by atoms with Crippen LogP contribution in [0, 0.1) is 6.92 Å². The highest BCUT2D eigenvalue weighted by molar-refractivity contribution is 7.12. The van der Waals surface area contributed by atoms with Crippen LogP contribution in [0.5, 0.6) is 0 Å². The van der Waals surface area contributed by atoms with Crippen LogP contribution >= 0.6 is 11.3 Å². The smallest absolute Gasteiger partial charge is 0.203 e. The topological polar surface area (TPSA) is 185 Å². The number of guanidine groups is 6. The van der Waals surface area contributed by atoms with Crippen LogP contribution in [0.2, 0.25) is 0 Å². The Morgan fingerprint density at radius 2 is 1.19 bits per heavy atom. The molecule has 0 fully saturated rings. The van der Waals surface area contributed by atoms with Crippen LogP contribution in [-0.2, 0) is 32.5 Å². The minimum absolute atomic E-state index is 0.0272. The van der Waals surface area contributed by atoms with E-state index in [4.69, 9.17) is 24.4 Å². The number of aromatic nitrogens is 1. The summed E-state index contributed by atoms with van der Waals surface area (Å²) in [6, 6.07) is 12.6. The summed E-state index contributed by atoms with van der Waals surface area (Å²) in [5.74, 6) is 6.20. The van der Waals surface area contributed by atoms with Gasteiger partial charge in [-0.05, 0) is 64.1 Å². The van der Waals surface area contributed by atoms with Gasteiger partial charge >= 0.3 is 0 Å². The average molecular weight is 759 g/mol. The number of hydrogen-bond donors (Lipinski definition) is 7. The van der Waals surface area contributed by atoms with Crippen molar-refractivity contribution in [3.8, 4) is 0 Å². The highest BCUT2D eigenvalue weighted by Crippen LogP contribution is 2.19. The molecule has 0 spiro atoms. The Morgan fingerprint density at radius 3 is 1.80 bits per heavy atom. The Bertz CT molecular complexity index is 1920. The van der Waals surface area contributed by atoms with E-state index in [9.17, 15) is 0 Å². The summed E-state index contributed by atoms with van der Waals surface area (Å²) in [7, 11) is 7.81. The summed E-state index contributed by atoms with van der Waals surface area (Å²) in [6.07, 6.45) is 1.29. The second-order valence-corrected chi connectivity index (χ2v) is 15.0. The predicted molar refractivity (Wildman–Crippen MR) is 218 cm³/mol. The third-order valence-corrected chi connectivity index (χ3v) is 9.89. The maximum atomic E-state index is 6.19. The van der Waals surface area contributed by atoms with Gasteiger partial charge < -0.3 is 40.1 Å². The van der Waals surface area contributed by atoms with Gasteiger partial charge in [-0.15, -0.1) is 11.3 Å². The first-order valence-electron chi connectivity index (χ1n) is 18.3. The Hall–Kier alpha value is -5.52. The SMILES string of the molecule is CN=C1NC(N(C)Cc2ccc(CCN=C3NC(N(C)Cc4ccc(CCN=C5NC(N(C)Cc6ccc(C)[nH]6)=NC(C)N5)o4)=NC(C)N3)s2)=NC(C)N1. The van der Waals surface area contributed by atoms with Crippen LogP contribution in [-0.4, -0.2) is 115 Å². The van der Waals surface area contributed by atoms with Crippen molar-refractivity contribution in [2.75, 3.05) is 41.3 Å². The molecule has 17 nitrogen and oxygen atoms in total. The van der Waals surface area contributed by atoms with Crippen LogP contribution in [0.4, 0.5) is 0 Å². The van der Waals surface area contributed by atoms with Crippen LogP contribution in [0.25, 0.3) is 0 Å². The van der Waals surface area contributed by atoms with Crippen molar-refractivity contribution < 1.29 is 4.42 Å². The summed E-state index contributed by atoms with van der Waals surface area (Å²) in [4.78, 5) is 40.1. The molecule has 3 unspecified atom stereocenters. The molecule has 3 aromatic rings. The van der Waals surface area contributed by atoms with Gasteiger partial charge in [0.2, 0.25) is 17.9 Å². The van der Waals surface area contributed by atoms with Crippen LogP contribution in [0.15, 0.2) is 70.8 Å². The third kappa shape index (κ3) is 10.5. The molecular formula is C36H54N16OS. The van der Waals surface area contributed by atoms with Gasteiger partial charge in [0.25, 0.3) is 0 Å². The maximum Gasteiger partial charge on any atom is 0.203 e. The fraction of sp³-hybridized carbons (Fsp3) is 0.500. The van der Waals surface area contributed by atoms with Crippen molar-refractivity contribution in [2.45, 2.75) is 78.7 Å². The van der Waals surface area contributed by atoms with E-state index in [1.165, 1.54) is 9.75 Å². The zero-order valence-corrected chi connectivity index (χ0v) is 33.3. The quantitative estimate of drug-likeness (QED) is 0.145. The van der Waals surface area contributed by atoms with E-state index in [0.29, 0.717) is 38.0 Å². The third-order valence-electron chi connectivity index (χ3n) is 8.76. The highest BCUT2D eigenvalue weighted by Gasteiger charge is 2.21. The molecule has 290 valence electrons. The van der Waals surface area contributed by atoms with Crippen LogP contribution in [0.3, 0.4) is 0 Å². The Morgan fingerprint density at radius 1 is 0.648 bits per heavy atom. The second kappa shape index (κ2) is 17.5. The first-order chi connectivity index (χ1) is 26.0. The van der Waals surface area contributed by atoms with Crippen molar-refractivity contribution in [3.05, 3.63) is 69.1 Å². The van der Waals surface area contributed by atoms with Crippen molar-refractivity contribution in [1.82, 2.24) is 51.6 Å². The number of H-pyrrole nitrogens is 1. The molecule has 3 aromatic heterocycles. The first-order valence-corrected chi connectivity index (χ1v) is 19.1. The number of nitrogens with zero attached hydrogens (tertiary/aromatic N) is 9. The van der Waals surface area contributed by atoms with E-state index in [1.807, 2.05) is 58.9 Å². The van der Waals surface area contributed by atoms with Gasteiger partial charge in [0, 0.05) is 75.3 Å². The normalized spacial score (nSPS) is 21.9. The summed E-state index contributed by atoms with van der Waals surface area (Å²) >= 11 is 1.80. The maximum absolute atomic E-state index is 6.19. The summed E-state index contributed by atoms with van der Waals surface area (Å²) < 4.78 is 6.19. The van der Waals surface area contributed by atoms with Crippen LogP contribution < -0.4 is 31.9 Å². The Kier molecular flexibility index (Phi) is 12.4. The molecule has 0 saturated carbocycles. The highest BCUT2D eigenvalue weighted by atomic mass is 32.1. The fourth-order valence-corrected chi connectivity index (χ4v) is 7.14. The van der Waals surface area contributed by atoms with Gasteiger partial charge in [-0.1, -0.05) is 0 Å². The molecule has 0 amide bonds. The zero-order valence-electron chi connectivity index (χ0n) is 32.5. The number of furan rings is 1. The lowest BCUT2D eigenvalue weighted by Crippen LogP contribution is -2.54. The number of hydrogen-bond acceptors (Lipinski definition) is 11. The number of aliphatic imine (C=N–C) groups is 6. The van der Waals surface area contributed by atoms with E-state index < -0.39 is 0 Å². The molecule has 6 heterocycles. The minimum Gasteiger partial charge on any atom is -0.464 e. The lowest BCUT2D eigenvalue weighted by molar-refractivity contribution is 0.384. The lowest BCUT2D eigenvalue weighted by atomic mass is 10.3. The zero-order chi connectivity index (χ0) is 38.2. The molecule has 54 heavy (non-hydrogen) atoms. The molecule has 3 aliphatic heterocycles. The lowest BCUT2D eigenvalue weighted by Gasteiger charge is -2.29. The van der Waals surface area contributed by atoms with Gasteiger partial charge in [-0.2, -0.15) is 0 Å². The van der Waals surface area contributed by atoms with Crippen molar-refractivity contribution in [3.63, 3.8) is 0 Å². The summed E-state index contributed by atoms with van der Waals surface area (Å²) in [5, 5.41) is 19.8. The molecule has 7 N–H and O–H groups in total. The molecule has 3 aliphatic rings. The van der Waals surface area contributed by atoms with Crippen molar-refractivity contribution in [1.29, 1.82) is 0 Å². The average Bonchev–Trinajstić information content (AvgIpc) is 3.89. The largest absolute Gasteiger partial charge is 0.464 e. The number of nitrogens with one attached hydrogen (secondary N) is 7. The Labute approximate surface area is 321 Å². The summed E-state index contributed by atoms with van der Waals surface area (Å²) in [5.41, 5.74) is 2.27.